The van der Waals surface area contributed by atoms with Crippen LogP contribution in [-0.2, 0) is 27.7 Å². The Bertz CT molecular complexity index is 282. The Morgan fingerprint density at radius 3 is 1.88 bits per heavy atom. The lowest BCUT2D eigenvalue weighted by Gasteiger charge is -2.21. The number of ether oxygens (including phenoxy) is 1. The highest BCUT2D eigenvalue weighted by Crippen LogP contribution is 2.50. The lowest BCUT2D eigenvalue weighted by molar-refractivity contribution is -0.213. The van der Waals surface area contributed by atoms with Crippen molar-refractivity contribution in [1.29, 1.82) is 0 Å². The minimum atomic E-state index is -5.08. The van der Waals surface area contributed by atoms with E-state index in [0.717, 1.165) is 21.3 Å². The second kappa shape index (κ2) is 5.62. The van der Waals surface area contributed by atoms with Crippen LogP contribution in [0.4, 0.5) is 13.2 Å². The van der Waals surface area contributed by atoms with Gasteiger partial charge < -0.3 is 4.74 Å². The molecule has 0 aliphatic rings. The van der Waals surface area contributed by atoms with Crippen LogP contribution in [0.15, 0.2) is 0 Å². The molecule has 0 fully saturated rings. The van der Waals surface area contributed by atoms with Crippen LogP contribution in [-0.4, -0.2) is 39.6 Å². The predicted octanol–water partition coefficient (Wildman–Crippen LogP) is 1.51. The van der Waals surface area contributed by atoms with Gasteiger partial charge in [0.1, 0.15) is 0 Å². The maximum atomic E-state index is 12.3. The minimum absolute atomic E-state index is 0.731. The Balaban J connectivity index is 4.95. The molecular formula is C6H10F3O6P. The number of hydrogen-bond acceptors (Lipinski definition) is 6. The number of halogens is 3. The topological polar surface area (TPSA) is 71.1 Å². The minimum Gasteiger partial charge on any atom is -0.467 e. The number of phosphoric acid groups is 1. The molecule has 0 saturated carbocycles. The predicted molar refractivity (Wildman–Crippen MR) is 44.6 cm³/mol. The van der Waals surface area contributed by atoms with E-state index in [2.05, 4.69) is 18.3 Å². The van der Waals surface area contributed by atoms with E-state index in [-0.39, 0.29) is 0 Å². The van der Waals surface area contributed by atoms with Gasteiger partial charge in [-0.15, -0.1) is 0 Å². The first-order chi connectivity index (χ1) is 7.20. The summed E-state index contributed by atoms with van der Waals surface area (Å²) in [5, 5.41) is 0. The Kier molecular flexibility index (Phi) is 5.40. The van der Waals surface area contributed by atoms with E-state index in [0.29, 0.717) is 0 Å². The van der Waals surface area contributed by atoms with Crippen molar-refractivity contribution in [2.24, 2.45) is 0 Å². The van der Waals surface area contributed by atoms with Gasteiger partial charge in [-0.2, -0.15) is 13.2 Å². The molecule has 0 bridgehead atoms. The van der Waals surface area contributed by atoms with Gasteiger partial charge in [0.25, 0.3) is 6.10 Å². The number of carbonyl (C=O) groups is 1. The molecule has 0 aromatic heterocycles. The number of esters is 1. The van der Waals surface area contributed by atoms with Crippen LogP contribution in [0, 0.1) is 0 Å². The SMILES string of the molecule is COC(=O)C(OP(=O)(OC)OC)C(F)(F)F. The third-order valence-electron chi connectivity index (χ3n) is 1.39. The van der Waals surface area contributed by atoms with E-state index in [1.54, 1.807) is 0 Å². The van der Waals surface area contributed by atoms with E-state index in [1.165, 1.54) is 0 Å². The molecule has 0 radical (unpaired) electrons. The monoisotopic (exact) mass is 266 g/mol. The first kappa shape index (κ1) is 15.4. The summed E-state index contributed by atoms with van der Waals surface area (Å²) in [6.07, 6.45) is -8.11. The molecule has 0 aliphatic heterocycles. The molecular weight excluding hydrogens is 256 g/mol. The molecule has 96 valence electrons. The second-order valence-electron chi connectivity index (χ2n) is 2.36. The van der Waals surface area contributed by atoms with Crippen LogP contribution >= 0.6 is 7.82 Å². The van der Waals surface area contributed by atoms with Crippen LogP contribution in [0.1, 0.15) is 0 Å². The molecule has 0 aromatic carbocycles. The van der Waals surface area contributed by atoms with Crippen molar-refractivity contribution in [2.75, 3.05) is 21.3 Å². The van der Waals surface area contributed by atoms with Crippen LogP contribution in [0.5, 0.6) is 0 Å². The summed E-state index contributed by atoms with van der Waals surface area (Å²) in [6.45, 7) is 0. The number of carbonyl (C=O) groups excluding carboxylic acids is 1. The lowest BCUT2D eigenvalue weighted by atomic mass is 10.3. The quantitative estimate of drug-likeness (QED) is 0.554. The third kappa shape index (κ3) is 4.09. The van der Waals surface area contributed by atoms with E-state index in [1.807, 2.05) is 0 Å². The summed E-state index contributed by atoms with van der Waals surface area (Å²) >= 11 is 0. The van der Waals surface area contributed by atoms with Gasteiger partial charge in [-0.05, 0) is 0 Å². The van der Waals surface area contributed by atoms with Gasteiger partial charge in [0.05, 0.1) is 7.11 Å². The van der Waals surface area contributed by atoms with Gasteiger partial charge in [-0.25, -0.2) is 9.36 Å². The number of hydrogen-bond donors (Lipinski definition) is 0. The van der Waals surface area contributed by atoms with Gasteiger partial charge in [0, 0.05) is 14.2 Å². The molecule has 0 saturated heterocycles. The van der Waals surface area contributed by atoms with Gasteiger partial charge >= 0.3 is 20.0 Å². The highest BCUT2D eigenvalue weighted by molar-refractivity contribution is 7.48. The van der Waals surface area contributed by atoms with Crippen molar-refractivity contribution in [3.8, 4) is 0 Å². The number of methoxy groups -OCH3 is 1. The summed E-state index contributed by atoms with van der Waals surface area (Å²) < 4.78 is 64.2. The normalized spacial score (nSPS) is 14.6. The number of alkyl halides is 3. The lowest BCUT2D eigenvalue weighted by Crippen LogP contribution is -2.39. The maximum absolute atomic E-state index is 12.3. The number of phosphoric ester groups is 1. The summed E-state index contributed by atoms with van der Waals surface area (Å²) in [6, 6.07) is 0. The first-order valence-electron chi connectivity index (χ1n) is 3.74. The standard InChI is InChI=1S/C6H10F3O6P/c1-12-5(10)4(6(7,8)9)15-16(11,13-2)14-3/h4H,1-3H3. The number of rotatable bonds is 5. The van der Waals surface area contributed by atoms with Crippen LogP contribution < -0.4 is 0 Å². The molecule has 0 rings (SSSR count). The van der Waals surface area contributed by atoms with Crippen molar-refractivity contribution >= 4 is 13.8 Å². The van der Waals surface area contributed by atoms with Crippen molar-refractivity contribution in [3.63, 3.8) is 0 Å². The highest BCUT2D eigenvalue weighted by Gasteiger charge is 2.51. The average Bonchev–Trinajstić information content (AvgIpc) is 2.23. The molecule has 0 aliphatic carbocycles. The third-order valence-corrected chi connectivity index (χ3v) is 2.76. The molecule has 0 N–H and O–H groups in total. The molecule has 1 atom stereocenters. The molecule has 10 heteroatoms. The Hall–Kier alpha value is -0.630. The fourth-order valence-corrected chi connectivity index (χ4v) is 1.42. The van der Waals surface area contributed by atoms with E-state index in [4.69, 9.17) is 0 Å². The average molecular weight is 266 g/mol. The van der Waals surface area contributed by atoms with E-state index < -0.39 is 26.1 Å². The molecule has 0 heterocycles. The largest absolute Gasteiger partial charge is 0.475 e. The zero-order valence-corrected chi connectivity index (χ0v) is 9.50. The Labute approximate surface area is 89.2 Å². The summed E-state index contributed by atoms with van der Waals surface area (Å²) in [4.78, 5) is 10.8. The smallest absolute Gasteiger partial charge is 0.467 e. The van der Waals surface area contributed by atoms with E-state index >= 15 is 0 Å². The van der Waals surface area contributed by atoms with Crippen LogP contribution in [0.2, 0.25) is 0 Å². The summed E-state index contributed by atoms with van der Waals surface area (Å²) in [5.41, 5.74) is 0. The Morgan fingerprint density at radius 1 is 1.19 bits per heavy atom. The molecule has 0 spiro atoms. The highest BCUT2D eigenvalue weighted by atomic mass is 31.2. The van der Waals surface area contributed by atoms with Crippen molar-refractivity contribution in [1.82, 2.24) is 0 Å². The zero-order chi connectivity index (χ0) is 13.0. The fourth-order valence-electron chi connectivity index (χ4n) is 0.633. The van der Waals surface area contributed by atoms with Crippen molar-refractivity contribution < 1.29 is 40.8 Å². The molecule has 1 unspecified atom stereocenters. The van der Waals surface area contributed by atoms with Crippen molar-refractivity contribution in [2.45, 2.75) is 12.3 Å². The van der Waals surface area contributed by atoms with Crippen LogP contribution in [0.3, 0.4) is 0 Å². The zero-order valence-electron chi connectivity index (χ0n) is 8.61. The molecule has 6 nitrogen and oxygen atoms in total. The first-order valence-corrected chi connectivity index (χ1v) is 5.20. The summed E-state index contributed by atoms with van der Waals surface area (Å²) in [5.74, 6) is -1.75. The Morgan fingerprint density at radius 2 is 1.62 bits per heavy atom. The maximum Gasteiger partial charge on any atom is 0.475 e. The van der Waals surface area contributed by atoms with Gasteiger partial charge in [-0.1, -0.05) is 0 Å². The van der Waals surface area contributed by atoms with E-state index in [9.17, 15) is 22.5 Å². The van der Waals surface area contributed by atoms with Gasteiger partial charge in [-0.3, -0.25) is 13.6 Å². The van der Waals surface area contributed by atoms with Gasteiger partial charge in [0.2, 0.25) is 0 Å². The molecule has 0 amide bonds. The van der Waals surface area contributed by atoms with Gasteiger partial charge in [0.15, 0.2) is 0 Å². The fraction of sp³-hybridized carbons (Fsp3) is 0.833. The van der Waals surface area contributed by atoms with Crippen molar-refractivity contribution in [3.05, 3.63) is 0 Å². The second-order valence-corrected chi connectivity index (χ2v) is 4.20. The summed E-state index contributed by atoms with van der Waals surface area (Å²) in [7, 11) is -2.06. The molecule has 16 heavy (non-hydrogen) atoms. The van der Waals surface area contributed by atoms with Crippen LogP contribution in [0.25, 0.3) is 0 Å². The molecule has 0 aromatic rings.